The Labute approximate surface area is 111 Å². The average Bonchev–Trinajstić information content (AvgIpc) is 2.94. The Hall–Kier alpha value is -2.11. The lowest BCUT2D eigenvalue weighted by molar-refractivity contribution is 0.0696. The lowest BCUT2D eigenvalue weighted by atomic mass is 10.2. The highest BCUT2D eigenvalue weighted by Gasteiger charge is 2.14. The summed E-state index contributed by atoms with van der Waals surface area (Å²) in [5.74, 6) is -0.943. The first-order valence-corrected chi connectivity index (χ1v) is 6.38. The zero-order chi connectivity index (χ0) is 14.0. The highest BCUT2D eigenvalue weighted by molar-refractivity contribution is 5.88. The lowest BCUT2D eigenvalue weighted by Crippen LogP contribution is -2.10. The van der Waals surface area contributed by atoms with Gasteiger partial charge in [0.2, 0.25) is 0 Å². The molecule has 0 saturated heterocycles. The molecule has 2 aromatic heterocycles. The second-order valence-electron chi connectivity index (χ2n) is 4.40. The number of aromatic carboxylic acids is 1. The lowest BCUT2D eigenvalue weighted by Gasteiger charge is -2.06. The van der Waals surface area contributed by atoms with Crippen molar-refractivity contribution in [2.24, 2.45) is 0 Å². The molecule has 2 rings (SSSR count). The SMILES string of the molecule is CCc1cc(Cn2ncc(C(=O)O)c2C)n(CC)n1. The minimum Gasteiger partial charge on any atom is -0.478 e. The van der Waals surface area contributed by atoms with Gasteiger partial charge in [0.15, 0.2) is 0 Å². The Morgan fingerprint density at radius 3 is 2.63 bits per heavy atom. The Balaban J connectivity index is 2.30. The molecule has 0 unspecified atom stereocenters. The number of rotatable bonds is 5. The van der Waals surface area contributed by atoms with E-state index in [0.29, 0.717) is 12.2 Å². The Kier molecular flexibility index (Phi) is 3.69. The quantitative estimate of drug-likeness (QED) is 0.890. The summed E-state index contributed by atoms with van der Waals surface area (Å²) in [5.41, 5.74) is 3.00. The van der Waals surface area contributed by atoms with Crippen LogP contribution in [-0.2, 0) is 19.5 Å². The van der Waals surface area contributed by atoms with E-state index < -0.39 is 5.97 Å². The topological polar surface area (TPSA) is 72.9 Å². The summed E-state index contributed by atoms with van der Waals surface area (Å²) in [6, 6.07) is 2.05. The van der Waals surface area contributed by atoms with Crippen molar-refractivity contribution >= 4 is 5.97 Å². The molecule has 6 heteroatoms. The largest absolute Gasteiger partial charge is 0.478 e. The smallest absolute Gasteiger partial charge is 0.339 e. The van der Waals surface area contributed by atoms with E-state index in [2.05, 4.69) is 17.1 Å². The molecule has 0 amide bonds. The summed E-state index contributed by atoms with van der Waals surface area (Å²) in [4.78, 5) is 11.0. The van der Waals surface area contributed by atoms with E-state index in [-0.39, 0.29) is 5.56 Å². The van der Waals surface area contributed by atoms with Gasteiger partial charge in [0.1, 0.15) is 5.56 Å². The fraction of sp³-hybridized carbons (Fsp3) is 0.462. The zero-order valence-electron chi connectivity index (χ0n) is 11.4. The third kappa shape index (κ3) is 2.52. The van der Waals surface area contributed by atoms with Gasteiger partial charge in [-0.15, -0.1) is 0 Å². The maximum atomic E-state index is 11.0. The van der Waals surface area contributed by atoms with Crippen molar-refractivity contribution in [3.8, 4) is 0 Å². The summed E-state index contributed by atoms with van der Waals surface area (Å²) in [7, 11) is 0. The van der Waals surface area contributed by atoms with Crippen molar-refractivity contribution < 1.29 is 9.90 Å². The molecule has 0 spiro atoms. The number of carboxylic acid groups (broad SMARTS) is 1. The maximum Gasteiger partial charge on any atom is 0.339 e. The number of carbonyl (C=O) groups is 1. The molecule has 0 atom stereocenters. The molecular weight excluding hydrogens is 244 g/mol. The average molecular weight is 262 g/mol. The van der Waals surface area contributed by atoms with E-state index in [9.17, 15) is 4.79 Å². The molecule has 102 valence electrons. The van der Waals surface area contributed by atoms with Gasteiger partial charge >= 0.3 is 5.97 Å². The van der Waals surface area contributed by atoms with Crippen LogP contribution in [0.4, 0.5) is 0 Å². The van der Waals surface area contributed by atoms with E-state index in [1.807, 2.05) is 17.7 Å². The van der Waals surface area contributed by atoms with Crippen LogP contribution in [0.15, 0.2) is 12.3 Å². The minimum atomic E-state index is -0.943. The van der Waals surface area contributed by atoms with Gasteiger partial charge in [0, 0.05) is 6.54 Å². The van der Waals surface area contributed by atoms with E-state index in [0.717, 1.165) is 24.4 Å². The molecule has 0 bridgehead atoms. The van der Waals surface area contributed by atoms with Crippen LogP contribution in [0.3, 0.4) is 0 Å². The van der Waals surface area contributed by atoms with Crippen LogP contribution in [0.25, 0.3) is 0 Å². The maximum absolute atomic E-state index is 11.0. The normalized spacial score (nSPS) is 10.9. The van der Waals surface area contributed by atoms with Gasteiger partial charge in [-0.3, -0.25) is 9.36 Å². The number of carboxylic acids is 1. The molecule has 2 aromatic rings. The number of aryl methyl sites for hydroxylation is 2. The van der Waals surface area contributed by atoms with Crippen LogP contribution in [0, 0.1) is 6.92 Å². The van der Waals surface area contributed by atoms with Crippen molar-refractivity contribution in [2.75, 3.05) is 0 Å². The third-order valence-corrected chi connectivity index (χ3v) is 3.22. The van der Waals surface area contributed by atoms with Gasteiger partial charge in [0.25, 0.3) is 0 Å². The number of hydrogen-bond donors (Lipinski definition) is 1. The third-order valence-electron chi connectivity index (χ3n) is 3.22. The van der Waals surface area contributed by atoms with Crippen molar-refractivity contribution in [3.05, 3.63) is 34.9 Å². The van der Waals surface area contributed by atoms with Gasteiger partial charge in [-0.05, 0) is 26.3 Å². The molecule has 0 fully saturated rings. The summed E-state index contributed by atoms with van der Waals surface area (Å²) in [6.45, 7) is 7.20. The van der Waals surface area contributed by atoms with Crippen molar-refractivity contribution in [2.45, 2.75) is 40.3 Å². The van der Waals surface area contributed by atoms with Crippen molar-refractivity contribution in [3.63, 3.8) is 0 Å². The molecule has 0 aliphatic carbocycles. The highest BCUT2D eigenvalue weighted by atomic mass is 16.4. The van der Waals surface area contributed by atoms with Crippen LogP contribution >= 0.6 is 0 Å². The van der Waals surface area contributed by atoms with E-state index in [1.165, 1.54) is 6.20 Å². The van der Waals surface area contributed by atoms with Crippen LogP contribution in [0.1, 0.15) is 41.3 Å². The molecule has 0 aromatic carbocycles. The van der Waals surface area contributed by atoms with Crippen LogP contribution in [-0.4, -0.2) is 30.6 Å². The molecule has 6 nitrogen and oxygen atoms in total. The highest BCUT2D eigenvalue weighted by Crippen LogP contribution is 2.12. The first-order valence-electron chi connectivity index (χ1n) is 6.38. The van der Waals surface area contributed by atoms with Crippen LogP contribution in [0.2, 0.25) is 0 Å². The fourth-order valence-corrected chi connectivity index (χ4v) is 2.06. The predicted octanol–water partition coefficient (Wildman–Crippen LogP) is 1.72. The van der Waals surface area contributed by atoms with Crippen LogP contribution in [0.5, 0.6) is 0 Å². The Morgan fingerprint density at radius 2 is 2.11 bits per heavy atom. The second-order valence-corrected chi connectivity index (χ2v) is 4.40. The summed E-state index contributed by atoms with van der Waals surface area (Å²) in [5, 5.41) is 17.6. The molecular formula is C13H18N4O2. The molecule has 0 aliphatic rings. The van der Waals surface area contributed by atoms with Crippen molar-refractivity contribution in [1.29, 1.82) is 0 Å². The molecule has 19 heavy (non-hydrogen) atoms. The summed E-state index contributed by atoms with van der Waals surface area (Å²) in [6.07, 6.45) is 2.28. The predicted molar refractivity (Wildman–Crippen MR) is 70.3 cm³/mol. The molecule has 0 radical (unpaired) electrons. The van der Waals surface area contributed by atoms with Gasteiger partial charge in [-0.25, -0.2) is 4.79 Å². The fourth-order valence-electron chi connectivity index (χ4n) is 2.06. The first-order chi connectivity index (χ1) is 9.06. The standard InChI is InChI=1S/C13H18N4O2/c1-4-10-6-11(16(5-2)15-10)8-17-9(3)12(7-14-17)13(18)19/h6-7H,4-5,8H2,1-3H3,(H,18,19). The van der Waals surface area contributed by atoms with E-state index in [1.54, 1.807) is 11.6 Å². The zero-order valence-corrected chi connectivity index (χ0v) is 11.4. The Morgan fingerprint density at radius 1 is 1.37 bits per heavy atom. The second kappa shape index (κ2) is 5.26. The van der Waals surface area contributed by atoms with Gasteiger partial charge in [0.05, 0.1) is 29.8 Å². The van der Waals surface area contributed by atoms with Gasteiger partial charge in [-0.1, -0.05) is 6.92 Å². The van der Waals surface area contributed by atoms with Crippen LogP contribution < -0.4 is 0 Å². The molecule has 1 N–H and O–H groups in total. The summed E-state index contributed by atoms with van der Waals surface area (Å²) < 4.78 is 3.63. The minimum absolute atomic E-state index is 0.248. The van der Waals surface area contributed by atoms with Gasteiger partial charge < -0.3 is 5.11 Å². The number of nitrogens with zero attached hydrogens (tertiary/aromatic N) is 4. The van der Waals surface area contributed by atoms with E-state index in [4.69, 9.17) is 5.11 Å². The number of hydrogen-bond acceptors (Lipinski definition) is 3. The molecule has 2 heterocycles. The molecule has 0 saturated carbocycles. The van der Waals surface area contributed by atoms with Gasteiger partial charge in [-0.2, -0.15) is 10.2 Å². The summed E-state index contributed by atoms with van der Waals surface area (Å²) >= 11 is 0. The Bertz CT molecular complexity index is 598. The van der Waals surface area contributed by atoms with E-state index >= 15 is 0 Å². The first kappa shape index (κ1) is 13.3. The monoisotopic (exact) mass is 262 g/mol. The number of aromatic nitrogens is 4. The molecule has 0 aliphatic heterocycles. The van der Waals surface area contributed by atoms with Crippen molar-refractivity contribution in [1.82, 2.24) is 19.6 Å².